The zero-order chi connectivity index (χ0) is 21.6. The second kappa shape index (κ2) is 9.63. The second-order valence-corrected chi connectivity index (χ2v) is 8.45. The molecular weight excluding hydrogens is 374 g/mol. The highest BCUT2D eigenvalue weighted by molar-refractivity contribution is 5.83. The lowest BCUT2D eigenvalue weighted by Gasteiger charge is -2.19. The molecule has 3 rings (SSSR count). The van der Waals surface area contributed by atoms with Crippen molar-refractivity contribution in [2.75, 3.05) is 20.2 Å². The van der Waals surface area contributed by atoms with Crippen LogP contribution in [0.1, 0.15) is 42.5 Å². The van der Waals surface area contributed by atoms with Crippen molar-refractivity contribution in [2.24, 2.45) is 0 Å². The lowest BCUT2D eigenvalue weighted by molar-refractivity contribution is 0.111. The Morgan fingerprint density at radius 3 is 2.30 bits per heavy atom. The first-order valence-corrected chi connectivity index (χ1v) is 10.1. The number of nitrogens with zero attached hydrogens (tertiary/aromatic N) is 3. The second-order valence-electron chi connectivity index (χ2n) is 8.45. The van der Waals surface area contributed by atoms with E-state index in [0.717, 1.165) is 23.2 Å². The molecule has 1 aromatic heterocycles. The lowest BCUT2D eigenvalue weighted by atomic mass is 9.86. The molecule has 156 valence electrons. The minimum Gasteiger partial charge on any atom is -0.492 e. The Hall–Kier alpha value is -3.05. The zero-order valence-corrected chi connectivity index (χ0v) is 18.1. The molecule has 0 saturated carbocycles. The van der Waals surface area contributed by atoms with Crippen molar-refractivity contribution in [3.8, 4) is 16.9 Å². The van der Waals surface area contributed by atoms with Crippen LogP contribution in [0.25, 0.3) is 11.1 Å². The summed E-state index contributed by atoms with van der Waals surface area (Å²) in [5.41, 5.74) is 4.04. The first-order valence-electron chi connectivity index (χ1n) is 10.1. The third kappa shape index (κ3) is 5.74. The Morgan fingerprint density at radius 2 is 1.67 bits per heavy atom. The number of likely N-dealkylation sites (N-methyl/N-ethyl adjacent to an activating group) is 1. The number of carbonyl (C=O) groups is 1. The summed E-state index contributed by atoms with van der Waals surface area (Å²) in [6.45, 7) is 8.42. The van der Waals surface area contributed by atoms with Crippen molar-refractivity contribution in [3.05, 3.63) is 77.9 Å². The van der Waals surface area contributed by atoms with Crippen LogP contribution in [0, 0.1) is 0 Å². The molecule has 0 N–H and O–H groups in total. The quantitative estimate of drug-likeness (QED) is 0.507. The summed E-state index contributed by atoms with van der Waals surface area (Å²) >= 11 is 0. The van der Waals surface area contributed by atoms with Gasteiger partial charge in [-0.15, -0.1) is 0 Å². The van der Waals surface area contributed by atoms with E-state index in [1.54, 1.807) is 18.5 Å². The number of hydrogen-bond donors (Lipinski definition) is 0. The van der Waals surface area contributed by atoms with Gasteiger partial charge in [0.05, 0.1) is 12.1 Å². The maximum Gasteiger partial charge on any atom is 0.153 e. The molecule has 2 aromatic carbocycles. The van der Waals surface area contributed by atoms with Gasteiger partial charge in [-0.3, -0.25) is 9.69 Å². The fraction of sp³-hybridized carbons (Fsp3) is 0.320. The molecule has 30 heavy (non-hydrogen) atoms. The van der Waals surface area contributed by atoms with Crippen molar-refractivity contribution >= 4 is 6.29 Å². The van der Waals surface area contributed by atoms with E-state index in [-0.39, 0.29) is 5.41 Å². The lowest BCUT2D eigenvalue weighted by Crippen LogP contribution is -2.25. The average molecular weight is 404 g/mol. The molecule has 3 aromatic rings. The van der Waals surface area contributed by atoms with Gasteiger partial charge in [-0.25, -0.2) is 9.97 Å². The van der Waals surface area contributed by atoms with Crippen LogP contribution in [-0.2, 0) is 12.0 Å². The standard InChI is InChI=1S/C25H29N3O2/c1-25(2,3)22-9-6-19(7-10-22)20-8-11-23(21(16-20)18-29)30-15-14-28(4)17-24-26-12-5-13-27-24/h5-13,16,18H,14-15,17H2,1-4H3. The number of benzene rings is 2. The van der Waals surface area contributed by atoms with Gasteiger partial charge < -0.3 is 4.74 Å². The number of rotatable bonds is 8. The molecule has 0 aliphatic heterocycles. The third-order valence-corrected chi connectivity index (χ3v) is 4.98. The zero-order valence-electron chi connectivity index (χ0n) is 18.1. The number of aromatic nitrogens is 2. The topological polar surface area (TPSA) is 55.3 Å². The first-order chi connectivity index (χ1) is 14.4. The predicted octanol–water partition coefficient (Wildman–Crippen LogP) is 4.76. The molecule has 0 amide bonds. The van der Waals surface area contributed by atoms with Gasteiger partial charge in [0.25, 0.3) is 0 Å². The monoisotopic (exact) mass is 403 g/mol. The van der Waals surface area contributed by atoms with Gasteiger partial charge in [-0.1, -0.05) is 51.1 Å². The fourth-order valence-corrected chi connectivity index (χ4v) is 3.16. The summed E-state index contributed by atoms with van der Waals surface area (Å²) in [5, 5.41) is 0. The molecule has 0 fully saturated rings. The highest BCUT2D eigenvalue weighted by atomic mass is 16.5. The SMILES string of the molecule is CN(CCOc1ccc(-c2ccc(C(C)(C)C)cc2)cc1C=O)Cc1ncccn1. The molecule has 0 bridgehead atoms. The molecule has 5 heteroatoms. The van der Waals surface area contributed by atoms with E-state index in [4.69, 9.17) is 4.74 Å². The van der Waals surface area contributed by atoms with Crippen molar-refractivity contribution in [1.29, 1.82) is 0 Å². The van der Waals surface area contributed by atoms with E-state index >= 15 is 0 Å². The van der Waals surface area contributed by atoms with Crippen LogP contribution < -0.4 is 4.74 Å². The maximum atomic E-state index is 11.6. The Labute approximate surface area is 178 Å². The van der Waals surface area contributed by atoms with Crippen LogP contribution >= 0.6 is 0 Å². The summed E-state index contributed by atoms with van der Waals surface area (Å²) in [6, 6.07) is 16.1. The minimum absolute atomic E-state index is 0.115. The molecule has 0 aliphatic rings. The Bertz CT molecular complexity index is 964. The van der Waals surface area contributed by atoms with E-state index in [2.05, 4.69) is 59.9 Å². The van der Waals surface area contributed by atoms with E-state index < -0.39 is 0 Å². The van der Waals surface area contributed by atoms with Crippen molar-refractivity contribution in [1.82, 2.24) is 14.9 Å². The van der Waals surface area contributed by atoms with Gasteiger partial charge in [-0.05, 0) is 47.4 Å². The van der Waals surface area contributed by atoms with Crippen LogP contribution in [0.5, 0.6) is 5.75 Å². The average Bonchev–Trinajstić information content (AvgIpc) is 2.74. The molecule has 0 unspecified atom stereocenters. The summed E-state index contributed by atoms with van der Waals surface area (Å²) in [7, 11) is 1.99. The smallest absolute Gasteiger partial charge is 0.153 e. The maximum absolute atomic E-state index is 11.6. The van der Waals surface area contributed by atoms with E-state index in [0.29, 0.717) is 31.0 Å². The van der Waals surface area contributed by atoms with Gasteiger partial charge in [0.2, 0.25) is 0 Å². The van der Waals surface area contributed by atoms with Crippen LogP contribution in [-0.4, -0.2) is 41.4 Å². The number of carbonyl (C=O) groups excluding carboxylic acids is 1. The minimum atomic E-state index is 0.115. The molecule has 0 aliphatic carbocycles. The van der Waals surface area contributed by atoms with Crippen LogP contribution in [0.4, 0.5) is 0 Å². The molecule has 0 spiro atoms. The summed E-state index contributed by atoms with van der Waals surface area (Å²) in [5.74, 6) is 1.37. The molecule has 0 saturated heterocycles. The Balaban J connectivity index is 1.62. The molecule has 0 radical (unpaired) electrons. The van der Waals surface area contributed by atoms with Crippen molar-refractivity contribution in [2.45, 2.75) is 32.7 Å². The van der Waals surface area contributed by atoms with Gasteiger partial charge in [0.15, 0.2) is 6.29 Å². The Kier molecular flexibility index (Phi) is 6.95. The van der Waals surface area contributed by atoms with E-state index in [1.807, 2.05) is 25.2 Å². The van der Waals surface area contributed by atoms with Gasteiger partial charge >= 0.3 is 0 Å². The van der Waals surface area contributed by atoms with Crippen LogP contribution in [0.15, 0.2) is 60.9 Å². The molecule has 1 heterocycles. The van der Waals surface area contributed by atoms with E-state index in [9.17, 15) is 4.79 Å². The normalized spacial score (nSPS) is 11.5. The van der Waals surface area contributed by atoms with E-state index in [1.165, 1.54) is 5.56 Å². The van der Waals surface area contributed by atoms with Gasteiger partial charge in [0.1, 0.15) is 18.2 Å². The predicted molar refractivity (Wildman–Crippen MR) is 120 cm³/mol. The Morgan fingerprint density at radius 1 is 1.00 bits per heavy atom. The highest BCUT2D eigenvalue weighted by Crippen LogP contribution is 2.29. The third-order valence-electron chi connectivity index (χ3n) is 4.98. The summed E-state index contributed by atoms with van der Waals surface area (Å²) in [6.07, 6.45) is 4.33. The van der Waals surface area contributed by atoms with Crippen LogP contribution in [0.2, 0.25) is 0 Å². The highest BCUT2D eigenvalue weighted by Gasteiger charge is 2.13. The number of hydrogen-bond acceptors (Lipinski definition) is 5. The van der Waals surface area contributed by atoms with Gasteiger partial charge in [-0.2, -0.15) is 0 Å². The number of ether oxygens (including phenoxy) is 1. The first kappa shape index (κ1) is 21.7. The van der Waals surface area contributed by atoms with Crippen LogP contribution in [0.3, 0.4) is 0 Å². The largest absolute Gasteiger partial charge is 0.492 e. The summed E-state index contributed by atoms with van der Waals surface area (Å²) in [4.78, 5) is 22.2. The molecular formula is C25H29N3O2. The van der Waals surface area contributed by atoms with Crippen molar-refractivity contribution in [3.63, 3.8) is 0 Å². The van der Waals surface area contributed by atoms with Crippen molar-refractivity contribution < 1.29 is 9.53 Å². The number of aldehydes is 1. The molecule has 0 atom stereocenters. The summed E-state index contributed by atoms with van der Waals surface area (Å²) < 4.78 is 5.88. The van der Waals surface area contributed by atoms with Gasteiger partial charge in [0, 0.05) is 18.9 Å². The fourth-order valence-electron chi connectivity index (χ4n) is 3.16. The molecule has 5 nitrogen and oxygen atoms in total.